The van der Waals surface area contributed by atoms with Crippen molar-refractivity contribution in [3.8, 4) is 22.4 Å². The Balaban J connectivity index is 2.09. The lowest BCUT2D eigenvalue weighted by Gasteiger charge is -2.16. The summed E-state index contributed by atoms with van der Waals surface area (Å²) in [5, 5.41) is -0.606. The molecule has 1 aromatic heterocycles. The second-order valence-corrected chi connectivity index (χ2v) is 9.76. The average molecular weight is 495 g/mol. The molecular formula is C23H14F5NO2S2. The monoisotopic (exact) mass is 495 g/mol. The van der Waals surface area contributed by atoms with Gasteiger partial charge in [-0.2, -0.15) is 13.2 Å². The molecule has 4 aromatic rings. The lowest BCUT2D eigenvalue weighted by Crippen LogP contribution is -2.16. The van der Waals surface area contributed by atoms with Gasteiger partial charge >= 0.3 is 5.51 Å². The topological polar surface area (TPSA) is 39.1 Å². The molecule has 0 radical (unpaired) electrons. The number of halogens is 5. The van der Waals surface area contributed by atoms with E-state index in [9.17, 15) is 30.4 Å². The lowest BCUT2D eigenvalue weighted by atomic mass is 10.0. The largest absolute Gasteiger partial charge is 0.447 e. The van der Waals surface area contributed by atoms with E-state index in [4.69, 9.17) is 0 Å². The molecule has 0 amide bonds. The van der Waals surface area contributed by atoms with Crippen LogP contribution in [0.1, 0.15) is 0 Å². The molecule has 0 aliphatic carbocycles. The summed E-state index contributed by atoms with van der Waals surface area (Å²) in [6.45, 7) is 0. The quantitative estimate of drug-likeness (QED) is 0.222. The third-order valence-corrected chi connectivity index (χ3v) is 7.29. The fourth-order valence-corrected chi connectivity index (χ4v) is 5.77. The van der Waals surface area contributed by atoms with Crippen LogP contribution in [-0.4, -0.2) is 17.9 Å². The Morgan fingerprint density at radius 2 is 1.24 bits per heavy atom. The smallest absolute Gasteiger partial charge is 0.227 e. The third kappa shape index (κ3) is 4.81. The van der Waals surface area contributed by atoms with Gasteiger partial charge < -0.3 is 0 Å². The molecule has 3 nitrogen and oxygen atoms in total. The second-order valence-electron chi connectivity index (χ2n) is 6.89. The molecule has 4 rings (SSSR count). The predicted molar refractivity (Wildman–Crippen MR) is 116 cm³/mol. The first-order chi connectivity index (χ1) is 15.6. The molecule has 0 saturated heterocycles. The summed E-state index contributed by atoms with van der Waals surface area (Å²) in [4.78, 5) is -0.223. The normalized spacial score (nSPS) is 12.2. The zero-order valence-electron chi connectivity index (χ0n) is 16.6. The van der Waals surface area contributed by atoms with Crippen LogP contribution in [0.2, 0.25) is 0 Å². The fraction of sp³-hybridized carbons (Fsp3) is 0.0435. The minimum Gasteiger partial charge on any atom is -0.227 e. The molecule has 1 heterocycles. The summed E-state index contributed by atoms with van der Waals surface area (Å²) in [6.07, 6.45) is 0. The fourth-order valence-electron chi connectivity index (χ4n) is 3.33. The van der Waals surface area contributed by atoms with E-state index in [1.165, 1.54) is 48.5 Å². The molecule has 0 unspecified atom stereocenters. The zero-order valence-corrected chi connectivity index (χ0v) is 18.2. The van der Waals surface area contributed by atoms with Crippen LogP contribution in [0.4, 0.5) is 22.0 Å². The van der Waals surface area contributed by atoms with Gasteiger partial charge in [-0.3, -0.25) is 0 Å². The Labute approximate surface area is 190 Å². The van der Waals surface area contributed by atoms with E-state index in [1.807, 2.05) is 0 Å². The van der Waals surface area contributed by atoms with Gasteiger partial charge in [0.25, 0.3) is 10.0 Å². The maximum absolute atomic E-state index is 13.6. The Bertz CT molecular complexity index is 1380. The highest BCUT2D eigenvalue weighted by molar-refractivity contribution is 8.00. The number of hydrogen-bond acceptors (Lipinski definition) is 3. The van der Waals surface area contributed by atoms with E-state index >= 15 is 0 Å². The highest BCUT2D eigenvalue weighted by Gasteiger charge is 2.36. The van der Waals surface area contributed by atoms with E-state index in [0.29, 0.717) is 9.54 Å². The molecule has 0 spiro atoms. The molecule has 0 fully saturated rings. The van der Waals surface area contributed by atoms with E-state index in [1.54, 1.807) is 6.07 Å². The van der Waals surface area contributed by atoms with Crippen LogP contribution in [0.3, 0.4) is 0 Å². The molecule has 0 aliphatic rings. The Kier molecular flexibility index (Phi) is 6.06. The van der Waals surface area contributed by atoms with Crippen LogP contribution in [0, 0.1) is 11.6 Å². The Morgan fingerprint density at radius 3 is 1.76 bits per heavy atom. The number of aromatic nitrogens is 1. The summed E-state index contributed by atoms with van der Waals surface area (Å²) in [7, 11) is -4.50. The molecule has 0 N–H and O–H groups in total. The molecule has 10 heteroatoms. The second kappa shape index (κ2) is 8.68. The molecule has 0 atom stereocenters. The van der Waals surface area contributed by atoms with Gasteiger partial charge in [-0.05, 0) is 60.2 Å². The van der Waals surface area contributed by atoms with Crippen molar-refractivity contribution >= 4 is 21.8 Å². The van der Waals surface area contributed by atoms with Gasteiger partial charge in [0.05, 0.1) is 10.6 Å². The van der Waals surface area contributed by atoms with Gasteiger partial charge in [0.2, 0.25) is 0 Å². The number of nitrogens with zero attached hydrogens (tertiary/aromatic N) is 1. The van der Waals surface area contributed by atoms with E-state index in [-0.39, 0.29) is 21.7 Å². The SMILES string of the molecule is O=S(=O)(c1ccccc1)n1c(SC(F)(F)F)cc(-c2ccc(F)cc2)c1-c1ccc(F)cc1. The molecule has 170 valence electrons. The van der Waals surface area contributed by atoms with Gasteiger partial charge in [-0.25, -0.2) is 21.2 Å². The number of thioether (sulfide) groups is 1. The van der Waals surface area contributed by atoms with E-state index in [0.717, 1.165) is 30.3 Å². The molecule has 0 bridgehead atoms. The van der Waals surface area contributed by atoms with Gasteiger partial charge in [-0.15, -0.1) is 0 Å². The van der Waals surface area contributed by atoms with Crippen LogP contribution in [-0.2, 0) is 10.0 Å². The van der Waals surface area contributed by atoms with Crippen molar-refractivity contribution in [2.24, 2.45) is 0 Å². The van der Waals surface area contributed by atoms with Gasteiger partial charge in [0.1, 0.15) is 16.7 Å². The van der Waals surface area contributed by atoms with Crippen molar-refractivity contribution < 1.29 is 30.4 Å². The first-order valence-electron chi connectivity index (χ1n) is 9.40. The van der Waals surface area contributed by atoms with E-state index in [2.05, 4.69) is 0 Å². The van der Waals surface area contributed by atoms with Crippen molar-refractivity contribution in [2.45, 2.75) is 15.4 Å². The van der Waals surface area contributed by atoms with Crippen molar-refractivity contribution in [3.05, 3.63) is 96.6 Å². The Morgan fingerprint density at radius 1 is 0.727 bits per heavy atom. The van der Waals surface area contributed by atoms with Crippen LogP contribution in [0.25, 0.3) is 22.4 Å². The third-order valence-electron chi connectivity index (χ3n) is 4.70. The van der Waals surface area contributed by atoms with Crippen molar-refractivity contribution in [1.29, 1.82) is 0 Å². The lowest BCUT2D eigenvalue weighted by molar-refractivity contribution is -0.0329. The Hall–Kier alpha value is -3.11. The van der Waals surface area contributed by atoms with Crippen molar-refractivity contribution in [3.63, 3.8) is 0 Å². The minimum absolute atomic E-state index is 0.0998. The van der Waals surface area contributed by atoms with Crippen molar-refractivity contribution in [1.82, 2.24) is 3.97 Å². The first-order valence-corrected chi connectivity index (χ1v) is 11.7. The summed E-state index contributed by atoms with van der Waals surface area (Å²) >= 11 is -0.585. The van der Waals surface area contributed by atoms with Crippen LogP contribution >= 0.6 is 11.8 Å². The standard InChI is InChI=1S/C23H14F5NO2S2/c24-17-10-6-15(7-11-17)20-14-21(32-23(26,27)28)29(22(20)16-8-12-18(25)13-9-16)33(30,31)19-4-2-1-3-5-19/h1-14H. The van der Waals surface area contributed by atoms with E-state index < -0.39 is 44.0 Å². The zero-order chi connectivity index (χ0) is 23.8. The highest BCUT2D eigenvalue weighted by Crippen LogP contribution is 2.45. The number of hydrogen-bond donors (Lipinski definition) is 0. The first kappa shape index (κ1) is 23.1. The maximum atomic E-state index is 13.6. The van der Waals surface area contributed by atoms with Crippen molar-refractivity contribution in [2.75, 3.05) is 0 Å². The number of alkyl halides is 3. The van der Waals surface area contributed by atoms with Gasteiger partial charge in [0.15, 0.2) is 0 Å². The molecule has 3 aromatic carbocycles. The summed E-state index contributed by atoms with van der Waals surface area (Å²) in [5.74, 6) is -1.17. The highest BCUT2D eigenvalue weighted by atomic mass is 32.2. The molecule has 33 heavy (non-hydrogen) atoms. The molecular weight excluding hydrogens is 481 g/mol. The minimum atomic E-state index is -4.79. The van der Waals surface area contributed by atoms with Crippen LogP contribution < -0.4 is 0 Å². The summed E-state index contributed by atoms with van der Waals surface area (Å²) in [6, 6.07) is 17.7. The summed E-state index contributed by atoms with van der Waals surface area (Å²) in [5.41, 5.74) is -4.31. The predicted octanol–water partition coefficient (Wildman–Crippen LogP) is 6.95. The molecule has 0 saturated carbocycles. The van der Waals surface area contributed by atoms with Crippen LogP contribution in [0.15, 0.2) is 94.9 Å². The summed E-state index contributed by atoms with van der Waals surface area (Å²) < 4.78 is 95.0. The maximum Gasteiger partial charge on any atom is 0.447 e. The molecule has 0 aliphatic heterocycles. The average Bonchev–Trinajstić information content (AvgIpc) is 3.13. The number of rotatable bonds is 5. The van der Waals surface area contributed by atoms with Gasteiger partial charge in [-0.1, -0.05) is 30.3 Å². The van der Waals surface area contributed by atoms with Gasteiger partial charge in [0, 0.05) is 22.9 Å². The van der Waals surface area contributed by atoms with Crippen LogP contribution in [0.5, 0.6) is 0 Å². The number of benzene rings is 3.